The van der Waals surface area contributed by atoms with Crippen molar-refractivity contribution in [2.75, 3.05) is 6.61 Å². The molecular formula is C14H17N3O3. The van der Waals surface area contributed by atoms with Gasteiger partial charge in [0.1, 0.15) is 11.8 Å². The molecule has 0 saturated carbocycles. The third-order valence-electron chi connectivity index (χ3n) is 2.84. The molecule has 2 aromatic heterocycles. The van der Waals surface area contributed by atoms with Gasteiger partial charge >= 0.3 is 0 Å². The lowest BCUT2D eigenvalue weighted by Gasteiger charge is -2.12. The van der Waals surface area contributed by atoms with Crippen molar-refractivity contribution in [3.8, 4) is 0 Å². The van der Waals surface area contributed by atoms with Gasteiger partial charge < -0.3 is 14.8 Å². The number of aliphatic hydroxyl groups excluding tert-OH is 1. The first kappa shape index (κ1) is 14.1. The highest BCUT2D eigenvalue weighted by molar-refractivity contribution is 5.91. The third kappa shape index (κ3) is 3.36. The minimum Gasteiger partial charge on any atom is -0.467 e. The Hall–Kier alpha value is -2.34. The zero-order valence-electron chi connectivity index (χ0n) is 11.2. The number of nitrogens with one attached hydrogen (secondary N) is 1. The van der Waals surface area contributed by atoms with Gasteiger partial charge in [-0.3, -0.25) is 9.48 Å². The van der Waals surface area contributed by atoms with Gasteiger partial charge in [0.15, 0.2) is 0 Å². The van der Waals surface area contributed by atoms with Crippen molar-refractivity contribution < 1.29 is 14.3 Å². The second kappa shape index (κ2) is 6.72. The Morgan fingerprint density at radius 3 is 3.10 bits per heavy atom. The average Bonchev–Trinajstić information content (AvgIpc) is 3.12. The standard InChI is InChI=1S/C14H17N3O3/c1-2-17-11(7-8-15-17)5-6-14(19)16-12(10-18)13-4-3-9-20-13/h3-9,12,18H,2,10H2,1H3,(H,16,19)/b6-5+. The van der Waals surface area contributed by atoms with E-state index in [-0.39, 0.29) is 12.5 Å². The number of nitrogens with zero attached hydrogens (tertiary/aromatic N) is 2. The molecule has 6 nitrogen and oxygen atoms in total. The fourth-order valence-corrected chi connectivity index (χ4v) is 1.83. The molecule has 1 unspecified atom stereocenters. The highest BCUT2D eigenvalue weighted by Gasteiger charge is 2.14. The fraction of sp³-hybridized carbons (Fsp3) is 0.286. The molecule has 0 aliphatic heterocycles. The summed E-state index contributed by atoms with van der Waals surface area (Å²) in [6.45, 7) is 2.49. The van der Waals surface area contributed by atoms with Gasteiger partial charge in [-0.05, 0) is 31.2 Å². The van der Waals surface area contributed by atoms with Gasteiger partial charge in [-0.1, -0.05) is 0 Å². The van der Waals surface area contributed by atoms with E-state index in [0.717, 1.165) is 12.2 Å². The number of rotatable bonds is 6. The highest BCUT2D eigenvalue weighted by Crippen LogP contribution is 2.12. The van der Waals surface area contributed by atoms with E-state index in [9.17, 15) is 9.90 Å². The van der Waals surface area contributed by atoms with E-state index in [1.165, 1.54) is 12.3 Å². The predicted octanol–water partition coefficient (Wildman–Crippen LogP) is 1.36. The molecule has 2 aromatic rings. The molecule has 106 valence electrons. The van der Waals surface area contributed by atoms with Gasteiger partial charge in [-0.15, -0.1) is 0 Å². The zero-order chi connectivity index (χ0) is 14.4. The summed E-state index contributed by atoms with van der Waals surface area (Å²) in [6, 6.07) is 4.69. The van der Waals surface area contributed by atoms with Crippen LogP contribution in [0.2, 0.25) is 0 Å². The predicted molar refractivity (Wildman–Crippen MR) is 73.6 cm³/mol. The summed E-state index contributed by atoms with van der Waals surface area (Å²) in [5.41, 5.74) is 0.848. The van der Waals surface area contributed by atoms with Gasteiger partial charge in [0.25, 0.3) is 0 Å². The second-order valence-corrected chi connectivity index (χ2v) is 4.16. The molecule has 0 fully saturated rings. The van der Waals surface area contributed by atoms with Gasteiger partial charge in [0, 0.05) is 18.8 Å². The number of carbonyl (C=O) groups excluding carboxylic acids is 1. The topological polar surface area (TPSA) is 80.3 Å². The fourth-order valence-electron chi connectivity index (χ4n) is 1.83. The number of hydrogen-bond acceptors (Lipinski definition) is 4. The molecule has 20 heavy (non-hydrogen) atoms. The number of furan rings is 1. The van der Waals surface area contributed by atoms with Crippen LogP contribution in [0.25, 0.3) is 6.08 Å². The number of hydrogen-bond donors (Lipinski definition) is 2. The first-order valence-corrected chi connectivity index (χ1v) is 6.39. The Bertz CT molecular complexity index is 572. The summed E-state index contributed by atoms with van der Waals surface area (Å²) in [5, 5.41) is 16.0. The number of carbonyl (C=O) groups is 1. The summed E-state index contributed by atoms with van der Waals surface area (Å²) in [7, 11) is 0. The van der Waals surface area contributed by atoms with E-state index in [1.54, 1.807) is 29.1 Å². The monoisotopic (exact) mass is 275 g/mol. The first-order valence-electron chi connectivity index (χ1n) is 6.39. The molecule has 2 heterocycles. The van der Waals surface area contributed by atoms with Gasteiger partial charge in [-0.25, -0.2) is 0 Å². The second-order valence-electron chi connectivity index (χ2n) is 4.16. The number of amides is 1. The SMILES string of the molecule is CCn1nccc1/C=C/C(=O)NC(CO)c1ccco1. The van der Waals surface area contributed by atoms with E-state index in [4.69, 9.17) is 4.42 Å². The molecule has 0 aromatic carbocycles. The molecule has 0 bridgehead atoms. The molecule has 1 amide bonds. The van der Waals surface area contributed by atoms with Gasteiger partial charge in [0.2, 0.25) is 5.91 Å². The zero-order valence-corrected chi connectivity index (χ0v) is 11.2. The van der Waals surface area contributed by atoms with Crippen molar-refractivity contribution in [3.05, 3.63) is 48.2 Å². The summed E-state index contributed by atoms with van der Waals surface area (Å²) in [4.78, 5) is 11.8. The lowest BCUT2D eigenvalue weighted by Crippen LogP contribution is -2.29. The Balaban J connectivity index is 1.98. The minimum absolute atomic E-state index is 0.222. The summed E-state index contributed by atoms with van der Waals surface area (Å²) in [6.07, 6.45) is 6.28. The molecule has 0 aliphatic rings. The van der Waals surface area contributed by atoms with Crippen molar-refractivity contribution >= 4 is 12.0 Å². The Kier molecular flexibility index (Phi) is 4.73. The maximum absolute atomic E-state index is 11.8. The number of aromatic nitrogens is 2. The number of aliphatic hydroxyl groups is 1. The van der Waals surface area contributed by atoms with Crippen LogP contribution in [0.5, 0.6) is 0 Å². The lowest BCUT2D eigenvalue weighted by molar-refractivity contribution is -0.117. The number of aryl methyl sites for hydroxylation is 1. The minimum atomic E-state index is -0.543. The first-order chi connectivity index (χ1) is 9.74. The molecule has 0 radical (unpaired) electrons. The van der Waals surface area contributed by atoms with Crippen LogP contribution in [0, 0.1) is 0 Å². The van der Waals surface area contributed by atoms with Crippen LogP contribution in [0.3, 0.4) is 0 Å². The molecule has 2 rings (SSSR count). The molecule has 0 aliphatic carbocycles. The van der Waals surface area contributed by atoms with E-state index in [2.05, 4.69) is 10.4 Å². The van der Waals surface area contributed by atoms with Crippen LogP contribution >= 0.6 is 0 Å². The molecule has 6 heteroatoms. The largest absolute Gasteiger partial charge is 0.467 e. The van der Waals surface area contributed by atoms with E-state index in [1.807, 2.05) is 13.0 Å². The van der Waals surface area contributed by atoms with E-state index >= 15 is 0 Å². The lowest BCUT2D eigenvalue weighted by atomic mass is 10.2. The van der Waals surface area contributed by atoms with Crippen molar-refractivity contribution in [2.45, 2.75) is 19.5 Å². The quantitative estimate of drug-likeness (QED) is 0.780. The summed E-state index contributed by atoms with van der Waals surface area (Å²) >= 11 is 0. The molecule has 0 saturated heterocycles. The smallest absolute Gasteiger partial charge is 0.244 e. The van der Waals surface area contributed by atoms with Crippen LogP contribution < -0.4 is 5.32 Å². The van der Waals surface area contributed by atoms with Crippen LogP contribution in [-0.2, 0) is 11.3 Å². The van der Waals surface area contributed by atoms with E-state index in [0.29, 0.717) is 5.76 Å². The van der Waals surface area contributed by atoms with E-state index < -0.39 is 6.04 Å². The van der Waals surface area contributed by atoms with Crippen molar-refractivity contribution in [1.29, 1.82) is 0 Å². The van der Waals surface area contributed by atoms with Crippen LogP contribution in [-0.4, -0.2) is 27.4 Å². The van der Waals surface area contributed by atoms with Crippen LogP contribution in [0.4, 0.5) is 0 Å². The Labute approximate surface area is 116 Å². The highest BCUT2D eigenvalue weighted by atomic mass is 16.3. The third-order valence-corrected chi connectivity index (χ3v) is 2.84. The normalized spacial score (nSPS) is 12.7. The molecule has 1 atom stereocenters. The van der Waals surface area contributed by atoms with Crippen molar-refractivity contribution in [2.24, 2.45) is 0 Å². The molecule has 0 spiro atoms. The van der Waals surface area contributed by atoms with Crippen molar-refractivity contribution in [3.63, 3.8) is 0 Å². The maximum Gasteiger partial charge on any atom is 0.244 e. The van der Waals surface area contributed by atoms with Gasteiger partial charge in [0.05, 0.1) is 18.6 Å². The van der Waals surface area contributed by atoms with Crippen molar-refractivity contribution in [1.82, 2.24) is 15.1 Å². The Morgan fingerprint density at radius 1 is 1.60 bits per heavy atom. The van der Waals surface area contributed by atoms with Gasteiger partial charge in [-0.2, -0.15) is 5.10 Å². The summed E-state index contributed by atoms with van der Waals surface area (Å²) in [5.74, 6) is 0.220. The summed E-state index contributed by atoms with van der Waals surface area (Å²) < 4.78 is 6.94. The molecule has 2 N–H and O–H groups in total. The van der Waals surface area contributed by atoms with Crippen LogP contribution in [0.1, 0.15) is 24.4 Å². The Morgan fingerprint density at radius 2 is 2.45 bits per heavy atom. The maximum atomic E-state index is 11.8. The van der Waals surface area contributed by atoms with Crippen LogP contribution in [0.15, 0.2) is 41.2 Å². The average molecular weight is 275 g/mol. The molecular weight excluding hydrogens is 258 g/mol.